The third-order valence-electron chi connectivity index (χ3n) is 2.67. The Morgan fingerprint density at radius 3 is 2.50 bits per heavy atom. The molecule has 0 unspecified atom stereocenters. The number of rotatable bonds is 3. The molecule has 2 rings (SSSR count). The van der Waals surface area contributed by atoms with Gasteiger partial charge in [-0.1, -0.05) is 52.3 Å². The molecular weight excluding hydrogens is 288 g/mol. The van der Waals surface area contributed by atoms with Crippen molar-refractivity contribution in [3.8, 4) is 0 Å². The molecule has 0 atom stereocenters. The van der Waals surface area contributed by atoms with E-state index < -0.39 is 0 Å². The molecule has 0 aliphatic carbocycles. The van der Waals surface area contributed by atoms with Crippen LogP contribution in [0.1, 0.15) is 21.5 Å². The first kappa shape index (κ1) is 12.8. The number of carbonyl (C=O) groups is 1. The Kier molecular flexibility index (Phi) is 4.11. The molecule has 0 saturated heterocycles. The van der Waals surface area contributed by atoms with Gasteiger partial charge in [0.05, 0.1) is 0 Å². The molecule has 0 saturated carbocycles. The van der Waals surface area contributed by atoms with Gasteiger partial charge >= 0.3 is 0 Å². The summed E-state index contributed by atoms with van der Waals surface area (Å²) in [4.78, 5) is 12.0. The highest BCUT2D eigenvalue weighted by Gasteiger charge is 2.03. The zero-order chi connectivity index (χ0) is 13.0. The van der Waals surface area contributed by atoms with Crippen LogP contribution in [0.25, 0.3) is 6.08 Å². The lowest BCUT2D eigenvalue weighted by Crippen LogP contribution is -1.94. The first-order valence-electron chi connectivity index (χ1n) is 5.70. The lowest BCUT2D eigenvalue weighted by molar-refractivity contribution is 0.104. The van der Waals surface area contributed by atoms with Crippen LogP contribution < -0.4 is 0 Å². The normalized spacial score (nSPS) is 10.8. The molecule has 2 heteroatoms. The fourth-order valence-corrected chi connectivity index (χ4v) is 1.88. The topological polar surface area (TPSA) is 17.1 Å². The second kappa shape index (κ2) is 5.78. The van der Waals surface area contributed by atoms with Gasteiger partial charge in [-0.3, -0.25) is 4.79 Å². The molecule has 0 amide bonds. The fraction of sp³-hybridized carbons (Fsp3) is 0.0625. The van der Waals surface area contributed by atoms with E-state index in [2.05, 4.69) is 15.9 Å². The van der Waals surface area contributed by atoms with E-state index in [0.717, 1.165) is 15.6 Å². The summed E-state index contributed by atoms with van der Waals surface area (Å²) in [5.41, 5.74) is 2.80. The van der Waals surface area contributed by atoms with Crippen molar-refractivity contribution in [2.75, 3.05) is 0 Å². The van der Waals surface area contributed by atoms with E-state index in [0.29, 0.717) is 5.56 Å². The molecule has 1 nitrogen and oxygen atoms in total. The van der Waals surface area contributed by atoms with Crippen LogP contribution in [0.15, 0.2) is 59.1 Å². The predicted octanol–water partition coefficient (Wildman–Crippen LogP) is 4.65. The van der Waals surface area contributed by atoms with Gasteiger partial charge in [0, 0.05) is 10.0 Å². The quantitative estimate of drug-likeness (QED) is 0.595. The molecule has 0 spiro atoms. The highest BCUT2D eigenvalue weighted by Crippen LogP contribution is 2.17. The van der Waals surface area contributed by atoms with Crippen molar-refractivity contribution in [2.45, 2.75) is 6.92 Å². The van der Waals surface area contributed by atoms with Gasteiger partial charge in [-0.15, -0.1) is 0 Å². The highest BCUT2D eigenvalue weighted by molar-refractivity contribution is 9.10. The van der Waals surface area contributed by atoms with Crippen molar-refractivity contribution in [1.29, 1.82) is 0 Å². The van der Waals surface area contributed by atoms with Crippen molar-refractivity contribution >= 4 is 27.8 Å². The smallest absolute Gasteiger partial charge is 0.185 e. The monoisotopic (exact) mass is 300 g/mol. The van der Waals surface area contributed by atoms with E-state index in [-0.39, 0.29) is 5.78 Å². The third kappa shape index (κ3) is 3.17. The molecule has 0 aliphatic rings. The number of carbonyl (C=O) groups excluding carboxylic acids is 1. The maximum atomic E-state index is 12.0. The number of hydrogen-bond acceptors (Lipinski definition) is 1. The molecule has 0 fully saturated rings. The van der Waals surface area contributed by atoms with Crippen LogP contribution in [0.3, 0.4) is 0 Å². The average Bonchev–Trinajstić information content (AvgIpc) is 2.40. The number of aryl methyl sites for hydroxylation is 1. The van der Waals surface area contributed by atoms with E-state index >= 15 is 0 Å². The summed E-state index contributed by atoms with van der Waals surface area (Å²) in [6.07, 6.45) is 3.44. The van der Waals surface area contributed by atoms with Crippen molar-refractivity contribution in [2.24, 2.45) is 0 Å². The predicted molar refractivity (Wildman–Crippen MR) is 78.7 cm³/mol. The Bertz CT molecular complexity index is 585. The average molecular weight is 301 g/mol. The number of hydrogen-bond donors (Lipinski definition) is 0. The van der Waals surface area contributed by atoms with E-state index in [1.54, 1.807) is 6.08 Å². The van der Waals surface area contributed by atoms with Gasteiger partial charge in [0.15, 0.2) is 5.78 Å². The molecule has 0 aromatic heterocycles. The van der Waals surface area contributed by atoms with Gasteiger partial charge < -0.3 is 0 Å². The summed E-state index contributed by atoms with van der Waals surface area (Å²) in [5, 5.41) is 0. The molecule has 18 heavy (non-hydrogen) atoms. The van der Waals surface area contributed by atoms with E-state index in [1.165, 1.54) is 0 Å². The van der Waals surface area contributed by atoms with Crippen LogP contribution in [0, 0.1) is 6.92 Å². The number of halogens is 1. The minimum atomic E-state index is 0.0226. The molecule has 0 bridgehead atoms. The fourth-order valence-electron chi connectivity index (χ4n) is 1.63. The molecule has 0 radical (unpaired) electrons. The zero-order valence-corrected chi connectivity index (χ0v) is 11.6. The van der Waals surface area contributed by atoms with Crippen molar-refractivity contribution in [3.63, 3.8) is 0 Å². The second-order valence-corrected chi connectivity index (χ2v) is 4.93. The number of benzene rings is 2. The van der Waals surface area contributed by atoms with Gasteiger partial charge in [0.25, 0.3) is 0 Å². The van der Waals surface area contributed by atoms with Gasteiger partial charge in [-0.05, 0) is 42.3 Å². The molecule has 0 heterocycles. The Balaban J connectivity index is 2.17. The van der Waals surface area contributed by atoms with Crippen LogP contribution in [0.2, 0.25) is 0 Å². The summed E-state index contributed by atoms with van der Waals surface area (Å²) < 4.78 is 1.02. The van der Waals surface area contributed by atoms with Gasteiger partial charge in [-0.25, -0.2) is 0 Å². The van der Waals surface area contributed by atoms with E-state index in [9.17, 15) is 4.79 Å². The second-order valence-electron chi connectivity index (χ2n) is 4.07. The lowest BCUT2D eigenvalue weighted by Gasteiger charge is -2.00. The molecule has 0 N–H and O–H groups in total. The SMILES string of the molecule is Cc1cc(C(=O)C=Cc2ccccc2)ccc1Br. The first-order chi connectivity index (χ1) is 8.66. The summed E-state index contributed by atoms with van der Waals surface area (Å²) in [5.74, 6) is 0.0226. The van der Waals surface area contributed by atoms with Crippen LogP contribution in [-0.2, 0) is 0 Å². The number of ketones is 1. The van der Waals surface area contributed by atoms with E-state index in [1.807, 2.05) is 61.5 Å². The Morgan fingerprint density at radius 1 is 1.11 bits per heavy atom. The molecule has 2 aromatic rings. The Labute approximate surface area is 115 Å². The molecule has 90 valence electrons. The Hall–Kier alpha value is -1.67. The van der Waals surface area contributed by atoms with Crippen molar-refractivity contribution in [1.82, 2.24) is 0 Å². The maximum Gasteiger partial charge on any atom is 0.185 e. The standard InChI is InChI=1S/C16H13BrO/c1-12-11-14(8-9-15(12)17)16(18)10-7-13-5-3-2-4-6-13/h2-11H,1H3. The third-order valence-corrected chi connectivity index (χ3v) is 3.56. The van der Waals surface area contributed by atoms with Crippen LogP contribution in [-0.4, -0.2) is 5.78 Å². The molecule has 2 aromatic carbocycles. The van der Waals surface area contributed by atoms with Gasteiger partial charge in [0.1, 0.15) is 0 Å². The minimum absolute atomic E-state index is 0.0226. The molecular formula is C16H13BrO. The maximum absolute atomic E-state index is 12.0. The minimum Gasteiger partial charge on any atom is -0.289 e. The Morgan fingerprint density at radius 2 is 1.83 bits per heavy atom. The van der Waals surface area contributed by atoms with E-state index in [4.69, 9.17) is 0 Å². The highest BCUT2D eigenvalue weighted by atomic mass is 79.9. The van der Waals surface area contributed by atoms with Crippen LogP contribution >= 0.6 is 15.9 Å². The van der Waals surface area contributed by atoms with Crippen LogP contribution in [0.4, 0.5) is 0 Å². The zero-order valence-electron chi connectivity index (χ0n) is 10.1. The first-order valence-corrected chi connectivity index (χ1v) is 6.50. The number of allylic oxidation sites excluding steroid dienone is 1. The van der Waals surface area contributed by atoms with Gasteiger partial charge in [-0.2, -0.15) is 0 Å². The largest absolute Gasteiger partial charge is 0.289 e. The van der Waals surface area contributed by atoms with Crippen LogP contribution in [0.5, 0.6) is 0 Å². The van der Waals surface area contributed by atoms with Crippen molar-refractivity contribution < 1.29 is 4.79 Å². The summed E-state index contributed by atoms with van der Waals surface area (Å²) >= 11 is 3.42. The lowest BCUT2D eigenvalue weighted by atomic mass is 10.1. The summed E-state index contributed by atoms with van der Waals surface area (Å²) in [6, 6.07) is 15.4. The van der Waals surface area contributed by atoms with Crippen molar-refractivity contribution in [3.05, 3.63) is 75.8 Å². The van der Waals surface area contributed by atoms with Gasteiger partial charge in [0.2, 0.25) is 0 Å². The summed E-state index contributed by atoms with van der Waals surface area (Å²) in [7, 11) is 0. The summed E-state index contributed by atoms with van der Waals surface area (Å²) in [6.45, 7) is 1.97. The molecule has 0 aliphatic heterocycles.